The van der Waals surface area contributed by atoms with Crippen LogP contribution in [0.15, 0.2) is 54.7 Å². The van der Waals surface area contributed by atoms with Crippen LogP contribution < -0.4 is 10.1 Å². The van der Waals surface area contributed by atoms with Crippen molar-refractivity contribution in [2.24, 2.45) is 0 Å². The molecule has 1 heterocycles. The Morgan fingerprint density at radius 1 is 0.968 bits per heavy atom. The first-order valence-electron chi connectivity index (χ1n) is 8.91. The third kappa shape index (κ3) is 5.97. The molecule has 164 valence electrons. The van der Waals surface area contributed by atoms with Gasteiger partial charge in [-0.2, -0.15) is 13.2 Å². The first-order valence-corrected chi connectivity index (χ1v) is 8.91. The van der Waals surface area contributed by atoms with Gasteiger partial charge < -0.3 is 10.1 Å². The summed E-state index contributed by atoms with van der Waals surface area (Å²) in [7, 11) is 0. The monoisotopic (exact) mass is 442 g/mol. The van der Waals surface area contributed by atoms with E-state index in [4.69, 9.17) is 4.74 Å². The number of nitrogens with one attached hydrogen (secondary N) is 1. The van der Waals surface area contributed by atoms with Crippen LogP contribution in [0.2, 0.25) is 0 Å². The van der Waals surface area contributed by atoms with Gasteiger partial charge in [0.15, 0.2) is 0 Å². The third-order valence-corrected chi connectivity index (χ3v) is 3.64. The van der Waals surface area contributed by atoms with Crippen LogP contribution in [0.1, 0.15) is 29.8 Å². The number of carbonyl (C=O) groups is 1. The molecule has 1 amide bonds. The minimum atomic E-state index is -4.77. The van der Waals surface area contributed by atoms with E-state index in [9.17, 15) is 31.1 Å². The van der Waals surface area contributed by atoms with E-state index in [1.165, 1.54) is 0 Å². The van der Waals surface area contributed by atoms with Gasteiger partial charge in [0, 0.05) is 6.07 Å². The number of rotatable bonds is 4. The maximum Gasteiger partial charge on any atom is 0.419 e. The summed E-state index contributed by atoms with van der Waals surface area (Å²) in [5.74, 6) is -5.29. The number of benzene rings is 2. The molecule has 0 saturated carbocycles. The van der Waals surface area contributed by atoms with Gasteiger partial charge in [0.1, 0.15) is 40.3 Å². The molecule has 0 aliphatic rings. The van der Waals surface area contributed by atoms with Gasteiger partial charge in [-0.25, -0.2) is 18.2 Å². The summed E-state index contributed by atoms with van der Waals surface area (Å²) in [4.78, 5) is 15.7. The number of anilines is 1. The van der Waals surface area contributed by atoms with E-state index in [0.29, 0.717) is 18.2 Å². The summed E-state index contributed by atoms with van der Waals surface area (Å²) in [6, 6.07) is 6.93. The van der Waals surface area contributed by atoms with Crippen molar-refractivity contribution in [2.45, 2.75) is 20.0 Å². The van der Waals surface area contributed by atoms with Crippen LogP contribution >= 0.6 is 0 Å². The minimum Gasteiger partial charge on any atom is -0.455 e. The van der Waals surface area contributed by atoms with E-state index in [1.54, 1.807) is 0 Å². The molecule has 1 N–H and O–H groups in total. The van der Waals surface area contributed by atoms with Gasteiger partial charge in [-0.3, -0.25) is 4.79 Å². The molecule has 0 bridgehead atoms. The minimum absolute atomic E-state index is 0.139. The predicted octanol–water partition coefficient (Wildman–Crippen LogP) is 6.59. The third-order valence-electron chi connectivity index (χ3n) is 3.64. The van der Waals surface area contributed by atoms with E-state index < -0.39 is 46.4 Å². The van der Waals surface area contributed by atoms with Crippen molar-refractivity contribution in [3.8, 4) is 11.5 Å². The lowest BCUT2D eigenvalue weighted by Gasteiger charge is -2.14. The zero-order chi connectivity index (χ0) is 23.2. The maximum absolute atomic E-state index is 13.6. The fourth-order valence-electron chi connectivity index (χ4n) is 2.35. The van der Waals surface area contributed by atoms with Crippen molar-refractivity contribution >= 4 is 11.7 Å². The summed E-state index contributed by atoms with van der Waals surface area (Å²) in [5.41, 5.74) is -2.00. The van der Waals surface area contributed by atoms with Gasteiger partial charge in [-0.05, 0) is 36.4 Å². The Kier molecular flexibility index (Phi) is 7.62. The number of halogens is 6. The predicted molar refractivity (Wildman–Crippen MR) is 101 cm³/mol. The van der Waals surface area contributed by atoms with Gasteiger partial charge in [0.2, 0.25) is 0 Å². The highest BCUT2D eigenvalue weighted by Crippen LogP contribution is 2.38. The summed E-state index contributed by atoms with van der Waals surface area (Å²) < 4.78 is 84.5. The zero-order valence-electron chi connectivity index (χ0n) is 16.2. The van der Waals surface area contributed by atoms with Gasteiger partial charge in [-0.1, -0.05) is 19.9 Å². The van der Waals surface area contributed by atoms with E-state index in [2.05, 4.69) is 10.3 Å². The molecule has 4 nitrogen and oxygen atoms in total. The maximum atomic E-state index is 13.6. The second kappa shape index (κ2) is 9.96. The molecule has 0 fully saturated rings. The molecule has 1 aromatic heterocycles. The average molecular weight is 442 g/mol. The zero-order valence-corrected chi connectivity index (χ0v) is 16.2. The van der Waals surface area contributed by atoms with Crippen LogP contribution in [0.4, 0.5) is 32.2 Å². The molecule has 0 aliphatic heterocycles. The van der Waals surface area contributed by atoms with Crippen molar-refractivity contribution < 1.29 is 35.9 Å². The first-order chi connectivity index (χ1) is 14.6. The molecular weight excluding hydrogens is 426 g/mol. The number of ether oxygens (including phenoxy) is 1. The quantitative estimate of drug-likeness (QED) is 0.464. The number of hydrogen-bond donors (Lipinski definition) is 1. The Labute approximate surface area is 173 Å². The number of pyridine rings is 1. The molecule has 10 heteroatoms. The van der Waals surface area contributed by atoms with Crippen LogP contribution in [0.25, 0.3) is 0 Å². The molecule has 0 atom stereocenters. The Morgan fingerprint density at radius 2 is 1.61 bits per heavy atom. The molecule has 0 unspecified atom stereocenters. The fraction of sp³-hybridized carbons (Fsp3) is 0.143. The van der Waals surface area contributed by atoms with E-state index in [1.807, 2.05) is 13.8 Å². The molecular formula is C21H16F6N2O2. The fourth-order valence-corrected chi connectivity index (χ4v) is 2.35. The van der Waals surface area contributed by atoms with Crippen LogP contribution in [0.3, 0.4) is 0 Å². The Balaban J connectivity index is 0.00000166. The topological polar surface area (TPSA) is 51.2 Å². The normalized spacial score (nSPS) is 10.7. The van der Waals surface area contributed by atoms with Gasteiger partial charge in [-0.15, -0.1) is 0 Å². The van der Waals surface area contributed by atoms with Crippen molar-refractivity contribution in [3.05, 3.63) is 83.3 Å². The second-order valence-electron chi connectivity index (χ2n) is 5.67. The number of nitrogens with zero attached hydrogens (tertiary/aromatic N) is 1. The largest absolute Gasteiger partial charge is 0.455 e. The highest BCUT2D eigenvalue weighted by atomic mass is 19.4. The van der Waals surface area contributed by atoms with E-state index in [0.717, 1.165) is 36.5 Å². The number of aromatic nitrogens is 1. The SMILES string of the molecule is CC.O=C(Nc1ccc(Oc2cc(F)ccc2C(F)(F)F)cn1)c1c(F)cccc1F. The van der Waals surface area contributed by atoms with E-state index >= 15 is 0 Å². The van der Waals surface area contributed by atoms with Gasteiger partial charge in [0.05, 0.1) is 11.8 Å². The Morgan fingerprint density at radius 3 is 2.16 bits per heavy atom. The molecule has 0 saturated heterocycles. The highest BCUT2D eigenvalue weighted by molar-refractivity contribution is 6.04. The number of carbonyl (C=O) groups excluding carboxylic acids is 1. The lowest BCUT2D eigenvalue weighted by Crippen LogP contribution is -2.16. The van der Waals surface area contributed by atoms with Crippen molar-refractivity contribution in [1.82, 2.24) is 4.98 Å². The summed E-state index contributed by atoms with van der Waals surface area (Å²) in [5, 5.41) is 2.15. The molecule has 0 spiro atoms. The number of alkyl halides is 3. The molecule has 3 rings (SSSR count). The molecule has 0 radical (unpaired) electrons. The summed E-state index contributed by atoms with van der Waals surface area (Å²) >= 11 is 0. The smallest absolute Gasteiger partial charge is 0.419 e. The van der Waals surface area contributed by atoms with Crippen LogP contribution in [-0.4, -0.2) is 10.9 Å². The number of hydrogen-bond acceptors (Lipinski definition) is 3. The van der Waals surface area contributed by atoms with Crippen LogP contribution in [0, 0.1) is 17.5 Å². The van der Waals surface area contributed by atoms with Crippen LogP contribution in [0.5, 0.6) is 11.5 Å². The highest BCUT2D eigenvalue weighted by Gasteiger charge is 2.34. The lowest BCUT2D eigenvalue weighted by atomic mass is 10.2. The molecule has 3 aromatic rings. The van der Waals surface area contributed by atoms with E-state index in [-0.39, 0.29) is 11.6 Å². The molecule has 2 aromatic carbocycles. The van der Waals surface area contributed by atoms with Gasteiger partial charge >= 0.3 is 6.18 Å². The van der Waals surface area contributed by atoms with Gasteiger partial charge in [0.25, 0.3) is 5.91 Å². The van der Waals surface area contributed by atoms with Crippen molar-refractivity contribution in [1.29, 1.82) is 0 Å². The summed E-state index contributed by atoms with van der Waals surface area (Å²) in [6.45, 7) is 4.00. The number of amides is 1. The molecule has 0 aliphatic carbocycles. The van der Waals surface area contributed by atoms with Crippen molar-refractivity contribution in [3.63, 3.8) is 0 Å². The Bertz CT molecular complexity index is 1030. The average Bonchev–Trinajstić information content (AvgIpc) is 2.70. The standard InChI is InChI=1S/C19H10F6N2O2.C2H6/c20-10-4-6-12(19(23,24)25)15(8-10)29-11-5-7-16(26-9-11)27-18(28)17-13(21)2-1-3-14(17)22;1-2/h1-9H,(H,26,27,28);1-2H3. The lowest BCUT2D eigenvalue weighted by molar-refractivity contribution is -0.138. The van der Waals surface area contributed by atoms with Crippen LogP contribution in [-0.2, 0) is 6.18 Å². The molecule has 31 heavy (non-hydrogen) atoms. The second-order valence-corrected chi connectivity index (χ2v) is 5.67. The summed E-state index contributed by atoms with van der Waals surface area (Å²) in [6.07, 6.45) is -3.81. The van der Waals surface area contributed by atoms with Crippen molar-refractivity contribution in [2.75, 3.05) is 5.32 Å². The Hall–Kier alpha value is -3.56. The first kappa shape index (κ1) is 23.7.